The van der Waals surface area contributed by atoms with E-state index < -0.39 is 6.09 Å². The van der Waals surface area contributed by atoms with Gasteiger partial charge in [0.25, 0.3) is 0 Å². The molecule has 1 aliphatic rings. The minimum atomic E-state index is -0.770. The van der Waals surface area contributed by atoms with Gasteiger partial charge in [0.15, 0.2) is 0 Å². The summed E-state index contributed by atoms with van der Waals surface area (Å²) in [6, 6.07) is 4.29. The van der Waals surface area contributed by atoms with E-state index in [0.29, 0.717) is 12.2 Å². The van der Waals surface area contributed by atoms with Crippen molar-refractivity contribution in [2.45, 2.75) is 18.9 Å². The second-order valence-corrected chi connectivity index (χ2v) is 4.35. The van der Waals surface area contributed by atoms with Gasteiger partial charge in [-0.05, 0) is 31.0 Å². The lowest BCUT2D eigenvalue weighted by molar-refractivity contribution is 0.0966. The molecule has 0 saturated carbocycles. The molecule has 0 aromatic heterocycles. The van der Waals surface area contributed by atoms with Crippen LogP contribution in [-0.4, -0.2) is 25.3 Å². The summed E-state index contributed by atoms with van der Waals surface area (Å²) in [5.41, 5.74) is 11.9. The summed E-state index contributed by atoms with van der Waals surface area (Å²) in [5, 5.41) is 0. The van der Waals surface area contributed by atoms with Gasteiger partial charge in [-0.1, -0.05) is 0 Å². The molecule has 98 valence electrons. The first-order valence-electron chi connectivity index (χ1n) is 5.82. The van der Waals surface area contributed by atoms with Gasteiger partial charge >= 0.3 is 6.09 Å². The summed E-state index contributed by atoms with van der Waals surface area (Å²) in [6.07, 6.45) is 0.643. The Morgan fingerprint density at radius 3 is 2.94 bits per heavy atom. The number of anilines is 2. The number of hydrogen-bond donors (Lipinski definition) is 2. The van der Waals surface area contributed by atoms with Crippen LogP contribution < -0.4 is 16.4 Å². The Labute approximate surface area is 104 Å². The van der Waals surface area contributed by atoms with Crippen molar-refractivity contribution in [1.29, 1.82) is 0 Å². The zero-order chi connectivity index (χ0) is 13.1. The molecule has 1 aliphatic heterocycles. The predicted octanol–water partition coefficient (Wildman–Crippen LogP) is 1.47. The summed E-state index contributed by atoms with van der Waals surface area (Å²) < 4.78 is 18.0. The van der Waals surface area contributed by atoms with E-state index in [1.54, 1.807) is 6.07 Å². The highest BCUT2D eigenvalue weighted by Crippen LogP contribution is 2.27. The Morgan fingerprint density at radius 1 is 1.50 bits per heavy atom. The summed E-state index contributed by atoms with van der Waals surface area (Å²) in [4.78, 5) is 12.7. The highest BCUT2D eigenvalue weighted by Gasteiger charge is 2.23. The van der Waals surface area contributed by atoms with Gasteiger partial charge in [0.05, 0.1) is 17.9 Å². The molecule has 1 saturated heterocycles. The van der Waals surface area contributed by atoms with Gasteiger partial charge in [0.2, 0.25) is 0 Å². The summed E-state index contributed by atoms with van der Waals surface area (Å²) in [7, 11) is 0. The van der Waals surface area contributed by atoms with Gasteiger partial charge < -0.3 is 21.1 Å². The second-order valence-electron chi connectivity index (χ2n) is 4.35. The molecule has 1 atom stereocenters. The Morgan fingerprint density at radius 2 is 2.28 bits per heavy atom. The number of benzene rings is 1. The molecule has 2 rings (SSSR count). The number of rotatable bonds is 2. The molecule has 18 heavy (non-hydrogen) atoms. The van der Waals surface area contributed by atoms with Crippen LogP contribution in [0.5, 0.6) is 0 Å². The fraction of sp³-hybridized carbons (Fsp3) is 0.417. The smallest absolute Gasteiger partial charge is 0.404 e. The Bertz CT molecular complexity index is 453. The van der Waals surface area contributed by atoms with E-state index in [4.69, 9.17) is 16.2 Å². The molecule has 1 aromatic rings. The number of carbonyl (C=O) groups is 1. The zero-order valence-electron chi connectivity index (χ0n) is 9.93. The SMILES string of the molecule is NC(=O)OC1CCCN(c2ccc(F)cc2N)C1. The zero-order valence-corrected chi connectivity index (χ0v) is 9.93. The average molecular weight is 253 g/mol. The number of carbonyl (C=O) groups excluding carboxylic acids is 1. The van der Waals surface area contributed by atoms with Crippen molar-refractivity contribution in [3.05, 3.63) is 24.0 Å². The third-order valence-electron chi connectivity index (χ3n) is 2.99. The number of amides is 1. The molecule has 0 aliphatic carbocycles. The van der Waals surface area contributed by atoms with Crippen molar-refractivity contribution in [3.63, 3.8) is 0 Å². The van der Waals surface area contributed by atoms with E-state index in [0.717, 1.165) is 25.1 Å². The maximum Gasteiger partial charge on any atom is 0.404 e. The molecule has 0 spiro atoms. The highest BCUT2D eigenvalue weighted by molar-refractivity contribution is 5.68. The summed E-state index contributed by atoms with van der Waals surface area (Å²) in [5.74, 6) is -0.363. The number of nitrogens with two attached hydrogens (primary N) is 2. The lowest BCUT2D eigenvalue weighted by Gasteiger charge is -2.34. The standard InChI is InChI=1S/C12H16FN3O2/c13-8-3-4-11(10(14)6-8)16-5-1-2-9(7-16)18-12(15)17/h3-4,6,9H,1-2,5,7,14H2,(H2,15,17). The highest BCUT2D eigenvalue weighted by atomic mass is 19.1. The molecule has 1 fully saturated rings. The minimum Gasteiger partial charge on any atom is -0.445 e. The number of piperidine rings is 1. The van der Waals surface area contributed by atoms with Crippen LogP contribution in [0.3, 0.4) is 0 Å². The lowest BCUT2D eigenvalue weighted by Crippen LogP contribution is -2.41. The van der Waals surface area contributed by atoms with Crippen LogP contribution in [-0.2, 0) is 4.74 Å². The van der Waals surface area contributed by atoms with Crippen LogP contribution in [0, 0.1) is 5.82 Å². The second kappa shape index (κ2) is 5.12. The molecular weight excluding hydrogens is 237 g/mol. The fourth-order valence-corrected chi connectivity index (χ4v) is 2.23. The lowest BCUT2D eigenvalue weighted by atomic mass is 10.1. The van der Waals surface area contributed by atoms with Crippen LogP contribution in [0.1, 0.15) is 12.8 Å². The molecule has 4 N–H and O–H groups in total. The van der Waals surface area contributed by atoms with Crippen LogP contribution in [0.4, 0.5) is 20.6 Å². The molecule has 1 aromatic carbocycles. The third-order valence-corrected chi connectivity index (χ3v) is 2.99. The first-order valence-corrected chi connectivity index (χ1v) is 5.82. The van der Waals surface area contributed by atoms with Gasteiger partial charge in [-0.3, -0.25) is 0 Å². The largest absolute Gasteiger partial charge is 0.445 e. The molecule has 1 unspecified atom stereocenters. The van der Waals surface area contributed by atoms with E-state index >= 15 is 0 Å². The van der Waals surface area contributed by atoms with E-state index in [1.165, 1.54) is 12.1 Å². The van der Waals surface area contributed by atoms with E-state index in [1.807, 2.05) is 4.90 Å². The molecule has 5 nitrogen and oxygen atoms in total. The summed E-state index contributed by atoms with van der Waals surface area (Å²) in [6.45, 7) is 1.33. The molecular formula is C12H16FN3O2. The molecule has 6 heteroatoms. The maximum absolute atomic E-state index is 13.0. The first-order chi connectivity index (χ1) is 8.56. The number of primary amides is 1. The maximum atomic E-state index is 13.0. The Kier molecular flexibility index (Phi) is 3.55. The van der Waals surface area contributed by atoms with Gasteiger partial charge in [0, 0.05) is 6.54 Å². The molecule has 1 heterocycles. The fourth-order valence-electron chi connectivity index (χ4n) is 2.23. The quantitative estimate of drug-likeness (QED) is 0.782. The van der Waals surface area contributed by atoms with Gasteiger partial charge in [-0.2, -0.15) is 0 Å². The summed E-state index contributed by atoms with van der Waals surface area (Å²) >= 11 is 0. The number of nitrogen functional groups attached to an aromatic ring is 1. The van der Waals surface area contributed by atoms with Gasteiger partial charge in [-0.25, -0.2) is 9.18 Å². The van der Waals surface area contributed by atoms with Crippen LogP contribution >= 0.6 is 0 Å². The monoisotopic (exact) mass is 253 g/mol. The van der Waals surface area contributed by atoms with E-state index in [-0.39, 0.29) is 11.9 Å². The third kappa shape index (κ3) is 2.82. The first kappa shape index (κ1) is 12.5. The normalized spacial score (nSPS) is 19.6. The predicted molar refractivity (Wildman–Crippen MR) is 66.7 cm³/mol. The van der Waals surface area contributed by atoms with Crippen molar-refractivity contribution in [3.8, 4) is 0 Å². The van der Waals surface area contributed by atoms with Crippen molar-refractivity contribution in [2.24, 2.45) is 5.73 Å². The molecule has 0 bridgehead atoms. The Hall–Kier alpha value is -1.98. The van der Waals surface area contributed by atoms with E-state index in [9.17, 15) is 9.18 Å². The number of ether oxygens (including phenoxy) is 1. The van der Waals surface area contributed by atoms with Crippen molar-refractivity contribution in [2.75, 3.05) is 23.7 Å². The van der Waals surface area contributed by atoms with Crippen LogP contribution in [0.2, 0.25) is 0 Å². The molecule has 1 amide bonds. The average Bonchev–Trinajstić information content (AvgIpc) is 2.28. The Balaban J connectivity index is 2.10. The van der Waals surface area contributed by atoms with Crippen LogP contribution in [0.15, 0.2) is 18.2 Å². The van der Waals surface area contributed by atoms with Crippen molar-refractivity contribution < 1.29 is 13.9 Å². The van der Waals surface area contributed by atoms with Crippen LogP contribution in [0.25, 0.3) is 0 Å². The number of nitrogens with zero attached hydrogens (tertiary/aromatic N) is 1. The van der Waals surface area contributed by atoms with E-state index in [2.05, 4.69) is 0 Å². The minimum absolute atomic E-state index is 0.235. The van der Waals surface area contributed by atoms with Gasteiger partial charge in [-0.15, -0.1) is 0 Å². The van der Waals surface area contributed by atoms with Crippen molar-refractivity contribution in [1.82, 2.24) is 0 Å². The number of hydrogen-bond acceptors (Lipinski definition) is 4. The number of halogens is 1. The molecule has 0 radical (unpaired) electrons. The van der Waals surface area contributed by atoms with Gasteiger partial charge in [0.1, 0.15) is 11.9 Å². The topological polar surface area (TPSA) is 81.6 Å². The van der Waals surface area contributed by atoms with Crippen molar-refractivity contribution >= 4 is 17.5 Å².